The van der Waals surface area contributed by atoms with E-state index in [0.29, 0.717) is 22.1 Å². The summed E-state index contributed by atoms with van der Waals surface area (Å²) in [5, 5.41) is 10.7. The van der Waals surface area contributed by atoms with E-state index in [0.717, 1.165) is 0 Å². The van der Waals surface area contributed by atoms with E-state index in [4.69, 9.17) is 21.1 Å². The first-order chi connectivity index (χ1) is 11.7. The third-order valence-corrected chi connectivity index (χ3v) is 3.43. The molecule has 3 aromatic rings. The van der Waals surface area contributed by atoms with Crippen LogP contribution in [0.4, 0.5) is 0 Å². The second kappa shape index (κ2) is 7.77. The quantitative estimate of drug-likeness (QED) is 0.732. The number of nitrogens with zero attached hydrogens (tertiary/aromatic N) is 2. The minimum atomic E-state index is -0.772. The van der Waals surface area contributed by atoms with E-state index < -0.39 is 6.10 Å². The predicted octanol–water partition coefficient (Wildman–Crippen LogP) is 4.03. The first kappa shape index (κ1) is 16.2. The molecule has 0 spiro atoms. The van der Waals surface area contributed by atoms with Crippen LogP contribution in [0.1, 0.15) is 11.7 Å². The Kier molecular flexibility index (Phi) is 5.25. The van der Waals surface area contributed by atoms with Crippen LogP contribution in [-0.2, 0) is 0 Å². The summed E-state index contributed by atoms with van der Waals surface area (Å²) in [6.45, 7) is 0.103. The number of benzene rings is 2. The van der Waals surface area contributed by atoms with Crippen molar-refractivity contribution in [2.24, 2.45) is 0 Å². The number of aromatic nitrogens is 2. The number of halogens is 1. The summed E-state index contributed by atoms with van der Waals surface area (Å²) in [4.78, 5) is 8.00. The zero-order valence-electron chi connectivity index (χ0n) is 12.7. The second-order valence-corrected chi connectivity index (χ2v) is 5.43. The minimum Gasteiger partial charge on any atom is -0.490 e. The zero-order chi connectivity index (χ0) is 16.8. The highest BCUT2D eigenvalue weighted by atomic mass is 35.5. The van der Waals surface area contributed by atoms with Gasteiger partial charge in [0.15, 0.2) is 0 Å². The molecular weight excluding hydrogens is 328 g/mol. The average Bonchev–Trinajstić information content (AvgIpc) is 2.61. The fourth-order valence-electron chi connectivity index (χ4n) is 2.06. The van der Waals surface area contributed by atoms with Gasteiger partial charge in [-0.05, 0) is 35.9 Å². The van der Waals surface area contributed by atoms with Crippen molar-refractivity contribution < 1.29 is 14.6 Å². The Balaban J connectivity index is 1.62. The van der Waals surface area contributed by atoms with Gasteiger partial charge in [0, 0.05) is 23.5 Å². The number of aliphatic hydroxyl groups is 1. The highest BCUT2D eigenvalue weighted by molar-refractivity contribution is 6.30. The Morgan fingerprint density at radius 1 is 0.958 bits per heavy atom. The topological polar surface area (TPSA) is 64.5 Å². The van der Waals surface area contributed by atoms with E-state index in [1.54, 1.807) is 67.0 Å². The van der Waals surface area contributed by atoms with E-state index in [1.165, 1.54) is 0 Å². The normalized spacial score (nSPS) is 11.8. The summed E-state index contributed by atoms with van der Waals surface area (Å²) < 4.78 is 11.2. The molecule has 2 aromatic carbocycles. The van der Waals surface area contributed by atoms with Crippen LogP contribution in [0.25, 0.3) is 0 Å². The first-order valence-electron chi connectivity index (χ1n) is 7.32. The van der Waals surface area contributed by atoms with Crippen LogP contribution in [0.5, 0.6) is 17.5 Å². The number of ether oxygens (including phenoxy) is 2. The van der Waals surface area contributed by atoms with Gasteiger partial charge in [0.25, 0.3) is 0 Å². The van der Waals surface area contributed by atoms with Gasteiger partial charge in [-0.25, -0.2) is 9.97 Å². The van der Waals surface area contributed by atoms with Crippen molar-refractivity contribution in [3.8, 4) is 17.5 Å². The molecule has 0 saturated heterocycles. The van der Waals surface area contributed by atoms with Crippen molar-refractivity contribution in [2.75, 3.05) is 6.61 Å². The lowest BCUT2D eigenvalue weighted by atomic mass is 10.1. The van der Waals surface area contributed by atoms with Crippen molar-refractivity contribution >= 4 is 11.6 Å². The number of aliphatic hydroxyl groups excluding tert-OH is 1. The van der Waals surface area contributed by atoms with Crippen molar-refractivity contribution in [1.82, 2.24) is 9.97 Å². The van der Waals surface area contributed by atoms with Crippen molar-refractivity contribution in [3.05, 3.63) is 77.6 Å². The van der Waals surface area contributed by atoms with Crippen LogP contribution in [0, 0.1) is 0 Å². The SMILES string of the molecule is OC(COc1cccc(Oc2ncccn2)c1)c1cccc(Cl)c1. The van der Waals surface area contributed by atoms with Crippen molar-refractivity contribution in [2.45, 2.75) is 6.10 Å². The van der Waals surface area contributed by atoms with Crippen LogP contribution in [0.3, 0.4) is 0 Å². The number of rotatable bonds is 6. The molecule has 0 bridgehead atoms. The van der Waals surface area contributed by atoms with E-state index in [9.17, 15) is 5.11 Å². The maximum atomic E-state index is 10.2. The molecule has 0 radical (unpaired) electrons. The van der Waals surface area contributed by atoms with Gasteiger partial charge in [0.2, 0.25) is 0 Å². The Bertz CT molecular complexity index is 799. The summed E-state index contributed by atoms with van der Waals surface area (Å²) in [6.07, 6.45) is 2.43. The van der Waals surface area contributed by atoms with E-state index >= 15 is 0 Å². The molecule has 1 N–H and O–H groups in total. The average molecular weight is 343 g/mol. The van der Waals surface area contributed by atoms with Gasteiger partial charge in [0.05, 0.1) is 0 Å². The van der Waals surface area contributed by atoms with E-state index in [2.05, 4.69) is 9.97 Å². The maximum Gasteiger partial charge on any atom is 0.321 e. The number of hydrogen-bond acceptors (Lipinski definition) is 5. The Morgan fingerprint density at radius 2 is 1.71 bits per heavy atom. The lowest BCUT2D eigenvalue weighted by Gasteiger charge is -2.13. The van der Waals surface area contributed by atoms with E-state index in [-0.39, 0.29) is 12.6 Å². The van der Waals surface area contributed by atoms with Crippen LogP contribution in [-0.4, -0.2) is 21.7 Å². The molecule has 122 valence electrons. The Hall–Kier alpha value is -2.63. The molecule has 24 heavy (non-hydrogen) atoms. The molecule has 0 aliphatic heterocycles. The fourth-order valence-corrected chi connectivity index (χ4v) is 2.25. The zero-order valence-corrected chi connectivity index (χ0v) is 13.4. The standard InChI is InChI=1S/C18H15ClN2O3/c19-14-5-1-4-13(10-14)17(22)12-23-15-6-2-7-16(11-15)24-18-20-8-3-9-21-18/h1-11,17,22H,12H2. The lowest BCUT2D eigenvalue weighted by molar-refractivity contribution is 0.108. The maximum absolute atomic E-state index is 10.2. The van der Waals surface area contributed by atoms with Gasteiger partial charge < -0.3 is 14.6 Å². The molecule has 1 heterocycles. The molecule has 3 rings (SSSR count). The molecule has 0 aliphatic rings. The highest BCUT2D eigenvalue weighted by Gasteiger charge is 2.09. The molecule has 6 heteroatoms. The molecule has 0 aliphatic carbocycles. The smallest absolute Gasteiger partial charge is 0.321 e. The summed E-state index contributed by atoms with van der Waals surface area (Å²) in [5.41, 5.74) is 0.701. The molecule has 0 saturated carbocycles. The predicted molar refractivity (Wildman–Crippen MR) is 90.5 cm³/mol. The van der Waals surface area contributed by atoms with Crippen LogP contribution < -0.4 is 9.47 Å². The molecule has 0 amide bonds. The monoisotopic (exact) mass is 342 g/mol. The molecule has 0 fully saturated rings. The minimum absolute atomic E-state index is 0.103. The lowest BCUT2D eigenvalue weighted by Crippen LogP contribution is -2.09. The largest absolute Gasteiger partial charge is 0.490 e. The van der Waals surface area contributed by atoms with Gasteiger partial charge in [-0.3, -0.25) is 0 Å². The Morgan fingerprint density at radius 3 is 2.50 bits per heavy atom. The molecule has 1 unspecified atom stereocenters. The Labute approximate surface area is 144 Å². The molecule has 1 atom stereocenters. The van der Waals surface area contributed by atoms with Crippen LogP contribution >= 0.6 is 11.6 Å². The van der Waals surface area contributed by atoms with Gasteiger partial charge in [-0.15, -0.1) is 0 Å². The third-order valence-electron chi connectivity index (χ3n) is 3.20. The van der Waals surface area contributed by atoms with E-state index in [1.807, 2.05) is 0 Å². The highest BCUT2D eigenvalue weighted by Crippen LogP contribution is 2.24. The summed E-state index contributed by atoms with van der Waals surface area (Å²) in [7, 11) is 0. The molecular formula is C18H15ClN2O3. The summed E-state index contributed by atoms with van der Waals surface area (Å²) in [6, 6.07) is 16.1. The van der Waals surface area contributed by atoms with Gasteiger partial charge >= 0.3 is 6.01 Å². The third kappa shape index (κ3) is 4.44. The first-order valence-corrected chi connectivity index (χ1v) is 7.70. The van der Waals surface area contributed by atoms with Gasteiger partial charge in [-0.2, -0.15) is 0 Å². The second-order valence-electron chi connectivity index (χ2n) is 4.99. The summed E-state index contributed by atoms with van der Waals surface area (Å²) >= 11 is 5.92. The van der Waals surface area contributed by atoms with Gasteiger partial charge in [0.1, 0.15) is 24.2 Å². The summed E-state index contributed by atoms with van der Waals surface area (Å²) in [5.74, 6) is 1.13. The number of hydrogen-bond donors (Lipinski definition) is 1. The van der Waals surface area contributed by atoms with Crippen LogP contribution in [0.15, 0.2) is 67.0 Å². The van der Waals surface area contributed by atoms with Crippen LogP contribution in [0.2, 0.25) is 5.02 Å². The van der Waals surface area contributed by atoms with Gasteiger partial charge in [-0.1, -0.05) is 29.8 Å². The molecule has 1 aromatic heterocycles. The fraction of sp³-hybridized carbons (Fsp3) is 0.111. The van der Waals surface area contributed by atoms with Crippen molar-refractivity contribution in [3.63, 3.8) is 0 Å². The van der Waals surface area contributed by atoms with Crippen molar-refractivity contribution in [1.29, 1.82) is 0 Å². The molecule has 5 nitrogen and oxygen atoms in total.